The summed E-state index contributed by atoms with van der Waals surface area (Å²) in [6.07, 6.45) is 0. The molecule has 0 aliphatic carbocycles. The van der Waals surface area contributed by atoms with Crippen LogP contribution in [0.15, 0.2) is 0 Å². The van der Waals surface area contributed by atoms with Crippen LogP contribution in [0.1, 0.15) is 0 Å². The molecule has 0 heterocycles. The van der Waals surface area contributed by atoms with Crippen LogP contribution in [-0.4, -0.2) is 11.0 Å². The predicted octanol–water partition coefficient (Wildman–Crippen LogP) is -2.83. The zero-order valence-electron chi connectivity index (χ0n) is 2.15. The van der Waals surface area contributed by atoms with Crippen molar-refractivity contribution in [2.24, 2.45) is 11.7 Å². The van der Waals surface area contributed by atoms with Crippen LogP contribution in [0.4, 0.5) is 0 Å². The highest BCUT2D eigenvalue weighted by Gasteiger charge is 0.726. The van der Waals surface area contributed by atoms with E-state index < -0.39 is 0 Å². The zero-order valence-corrected chi connectivity index (χ0v) is 2.15. The highest BCUT2D eigenvalue weighted by molar-refractivity contribution is 3.26. The quantitative estimate of drug-likeness (QED) is 0.235. The van der Waals surface area contributed by atoms with E-state index in [1.54, 1.807) is 0 Å². The molecule has 4 nitrogen and oxygen atoms in total. The Bertz CT molecular complexity index is 4.00. The van der Waals surface area contributed by atoms with Crippen LogP contribution in [0.5, 0.6) is 0 Å². The molecule has 0 radical (unpaired) electrons. The molecule has 30 valence electrons. The van der Waals surface area contributed by atoms with E-state index in [0.717, 1.165) is 0 Å². The minimum Gasteiger partial charge on any atom is -0.412 e. The summed E-state index contributed by atoms with van der Waals surface area (Å²) in [4.78, 5) is 0. The standard InChI is InChI=1S/H4N2.2H2O/c1-2;;/h1-2H2;2*1H2. The van der Waals surface area contributed by atoms with Gasteiger partial charge in [0.2, 0.25) is 0 Å². The minimum absolute atomic E-state index is 0. The van der Waals surface area contributed by atoms with E-state index in [4.69, 9.17) is 0 Å². The van der Waals surface area contributed by atoms with Crippen molar-refractivity contribution >= 4 is 0 Å². The molecule has 4 heteroatoms. The molecule has 0 aromatic rings. The molecule has 0 unspecified atom stereocenters. The Hall–Kier alpha value is -0.160. The topological polar surface area (TPSA) is 115 Å². The van der Waals surface area contributed by atoms with Crippen molar-refractivity contribution in [3.63, 3.8) is 0 Å². The van der Waals surface area contributed by atoms with Crippen LogP contribution < -0.4 is 11.7 Å². The Kier molecular flexibility index (Phi) is 4120. The molecule has 4 heavy (non-hydrogen) atoms. The lowest BCUT2D eigenvalue weighted by atomic mass is 13.0. The minimum atomic E-state index is 0. The first kappa shape index (κ1) is 43.9. The predicted molar refractivity (Wildman–Crippen MR) is 15.6 cm³/mol. The third-order valence-corrected chi connectivity index (χ3v) is 0. The summed E-state index contributed by atoms with van der Waals surface area (Å²) < 4.78 is 0. The van der Waals surface area contributed by atoms with Crippen LogP contribution in [0.2, 0.25) is 0 Å². The van der Waals surface area contributed by atoms with Crippen molar-refractivity contribution in [1.29, 1.82) is 0 Å². The van der Waals surface area contributed by atoms with E-state index in [9.17, 15) is 0 Å². The number of nitrogens with two attached hydrogens (primary N) is 2. The van der Waals surface area contributed by atoms with Gasteiger partial charge in [0.25, 0.3) is 0 Å². The second-order valence-corrected chi connectivity index (χ2v) is 0. The zero-order chi connectivity index (χ0) is 2.00. The summed E-state index contributed by atoms with van der Waals surface area (Å²) in [6, 6.07) is 0. The molecule has 0 spiro atoms. The van der Waals surface area contributed by atoms with E-state index >= 15 is 0 Å². The summed E-state index contributed by atoms with van der Waals surface area (Å²) in [5.74, 6) is 8.00. The van der Waals surface area contributed by atoms with Gasteiger partial charge < -0.3 is 11.0 Å². The Labute approximate surface area is 24.0 Å². The Morgan fingerprint density at radius 1 is 0.750 bits per heavy atom. The number of rotatable bonds is 0. The molecule has 0 saturated heterocycles. The van der Waals surface area contributed by atoms with Crippen LogP contribution in [-0.2, 0) is 0 Å². The number of hydrogen-bond donors (Lipinski definition) is 2. The normalized spacial score (nSPS) is 1.50. The lowest BCUT2D eigenvalue weighted by Crippen LogP contribution is -2.02. The van der Waals surface area contributed by atoms with Gasteiger partial charge in [0.05, 0.1) is 0 Å². The first-order valence-electron chi connectivity index (χ1n) is 0.333. The Morgan fingerprint density at radius 3 is 0.750 bits per heavy atom. The van der Waals surface area contributed by atoms with Crippen molar-refractivity contribution in [2.45, 2.75) is 0 Å². The fourth-order valence-electron chi connectivity index (χ4n) is 0. The van der Waals surface area contributed by atoms with Crippen LogP contribution in [0, 0.1) is 0 Å². The molecular weight excluding hydrogens is 60.0 g/mol. The Balaban J connectivity index is -0.00000000500. The van der Waals surface area contributed by atoms with Gasteiger partial charge in [0, 0.05) is 0 Å². The molecule has 0 aliphatic rings. The summed E-state index contributed by atoms with van der Waals surface area (Å²) in [7, 11) is 0. The molecule has 0 rings (SSSR count). The van der Waals surface area contributed by atoms with E-state index in [1.807, 2.05) is 0 Å². The van der Waals surface area contributed by atoms with E-state index in [1.165, 1.54) is 0 Å². The fourth-order valence-corrected chi connectivity index (χ4v) is 0. The summed E-state index contributed by atoms with van der Waals surface area (Å²) in [5.41, 5.74) is 0. The highest BCUT2D eigenvalue weighted by Crippen LogP contribution is -0.0190. The SMILES string of the molecule is NN.O.O. The maximum atomic E-state index is 4.00. The molecule has 0 atom stereocenters. The van der Waals surface area contributed by atoms with Crippen molar-refractivity contribution in [1.82, 2.24) is 0 Å². The van der Waals surface area contributed by atoms with Gasteiger partial charge in [-0.2, -0.15) is 0 Å². The molecular formula is H8N2O2. The fraction of sp³-hybridized carbons (Fsp3) is 0. The molecule has 0 aromatic heterocycles. The maximum absolute atomic E-state index is 4.00. The first-order chi connectivity index (χ1) is 1.00. The third-order valence-electron chi connectivity index (χ3n) is 0. The second kappa shape index (κ2) is 376. The lowest BCUT2D eigenvalue weighted by Gasteiger charge is -1.27. The molecule has 8 N–H and O–H groups in total. The van der Waals surface area contributed by atoms with Crippen LogP contribution in [0.25, 0.3) is 0 Å². The van der Waals surface area contributed by atoms with Gasteiger partial charge >= 0.3 is 0 Å². The molecule has 0 aromatic carbocycles. The lowest BCUT2D eigenvalue weighted by molar-refractivity contribution is 0.823. The van der Waals surface area contributed by atoms with Gasteiger partial charge in [-0.05, 0) is 0 Å². The van der Waals surface area contributed by atoms with Crippen LogP contribution >= 0.6 is 0 Å². The summed E-state index contributed by atoms with van der Waals surface area (Å²) in [6.45, 7) is 0. The molecule has 0 saturated carbocycles. The van der Waals surface area contributed by atoms with E-state index in [-0.39, 0.29) is 11.0 Å². The van der Waals surface area contributed by atoms with Gasteiger partial charge in [-0.1, -0.05) is 0 Å². The summed E-state index contributed by atoms with van der Waals surface area (Å²) in [5, 5.41) is 0. The smallest absolute Gasteiger partial charge is 0.274 e. The second-order valence-electron chi connectivity index (χ2n) is 0. The van der Waals surface area contributed by atoms with Crippen molar-refractivity contribution in [3.8, 4) is 0 Å². The maximum Gasteiger partial charge on any atom is -0.274 e. The average Bonchev–Trinajstić information content (AvgIpc) is 1.00. The van der Waals surface area contributed by atoms with Gasteiger partial charge in [-0.15, -0.1) is 0 Å². The van der Waals surface area contributed by atoms with E-state index in [2.05, 4.69) is 11.7 Å². The number of hydrazine groups is 1. The monoisotopic (exact) mass is 68.1 g/mol. The van der Waals surface area contributed by atoms with Crippen LogP contribution in [0.3, 0.4) is 0 Å². The molecule has 0 fully saturated rings. The first-order valence-corrected chi connectivity index (χ1v) is 0.333. The number of hydrogen-bond acceptors (Lipinski definition) is 2. The largest absolute Gasteiger partial charge is 0.412 e. The van der Waals surface area contributed by atoms with Crippen molar-refractivity contribution in [3.05, 3.63) is 0 Å². The van der Waals surface area contributed by atoms with Gasteiger partial charge in [-0.25, -0.2) is 0 Å². The summed E-state index contributed by atoms with van der Waals surface area (Å²) >= 11 is 0. The van der Waals surface area contributed by atoms with Crippen molar-refractivity contribution in [2.75, 3.05) is 0 Å². The van der Waals surface area contributed by atoms with Gasteiger partial charge in [0.1, 0.15) is 0 Å². The van der Waals surface area contributed by atoms with E-state index in [0.29, 0.717) is 0 Å². The molecule has 0 amide bonds. The molecule has 0 bridgehead atoms. The van der Waals surface area contributed by atoms with Gasteiger partial charge in [0.15, 0.2) is 0 Å². The highest BCUT2D eigenvalue weighted by atomic mass is 16.0. The van der Waals surface area contributed by atoms with Gasteiger partial charge in [-0.3, -0.25) is 11.7 Å². The molecule has 0 aliphatic heterocycles. The average molecular weight is 68.1 g/mol. The van der Waals surface area contributed by atoms with Crippen molar-refractivity contribution < 1.29 is 11.0 Å². The Morgan fingerprint density at radius 2 is 0.750 bits per heavy atom. The third kappa shape index (κ3) is 50.7.